The summed E-state index contributed by atoms with van der Waals surface area (Å²) in [5.74, 6) is 0. The Morgan fingerprint density at radius 1 is 0.333 bits per heavy atom. The van der Waals surface area contributed by atoms with Crippen LogP contribution >= 0.6 is 0 Å². The molecule has 0 fully saturated rings. The lowest BCUT2D eigenvalue weighted by molar-refractivity contribution is 1.10. The summed E-state index contributed by atoms with van der Waals surface area (Å²) in [5.41, 5.74) is 16.7. The first-order valence-electron chi connectivity index (χ1n) is 19.7. The molecular weight excluding hydrogens is 691 g/mol. The van der Waals surface area contributed by atoms with Gasteiger partial charge in [0.25, 0.3) is 0 Å². The van der Waals surface area contributed by atoms with Crippen molar-refractivity contribution in [3.8, 4) is 39.3 Å². The summed E-state index contributed by atoms with van der Waals surface area (Å²) in [4.78, 5) is 0. The third-order valence-corrected chi connectivity index (χ3v) is 11.8. The topological polar surface area (TPSA) is 14.8 Å². The molecule has 3 heteroatoms. The molecule has 0 spiro atoms. The second kappa shape index (κ2) is 13.1. The lowest BCUT2D eigenvalue weighted by atomic mass is 9.97. The Bertz CT molecular complexity index is 3070. The molecule has 0 bridgehead atoms. The molecule has 270 valence electrons. The number of aromatic nitrogens is 3. The van der Waals surface area contributed by atoms with Crippen LogP contribution in [0.15, 0.2) is 194 Å². The molecule has 0 radical (unpaired) electrons. The fourth-order valence-electron chi connectivity index (χ4n) is 9.14. The van der Waals surface area contributed by atoms with Gasteiger partial charge < -0.3 is 13.7 Å². The molecule has 8 aromatic carbocycles. The van der Waals surface area contributed by atoms with Crippen molar-refractivity contribution >= 4 is 60.6 Å². The summed E-state index contributed by atoms with van der Waals surface area (Å²) in [6, 6.07) is 68.8. The van der Waals surface area contributed by atoms with Gasteiger partial charge in [-0.05, 0) is 121 Å². The van der Waals surface area contributed by atoms with Gasteiger partial charge in [-0.25, -0.2) is 0 Å². The summed E-state index contributed by atoms with van der Waals surface area (Å²) in [6.07, 6.45) is 4.38. The molecular formula is C54H39N3. The van der Waals surface area contributed by atoms with Gasteiger partial charge in [0.15, 0.2) is 0 Å². The van der Waals surface area contributed by atoms with E-state index < -0.39 is 0 Å². The number of hydrogen-bond acceptors (Lipinski definition) is 0. The van der Waals surface area contributed by atoms with Crippen LogP contribution in [0.4, 0.5) is 0 Å². The van der Waals surface area contributed by atoms with E-state index in [1.165, 1.54) is 88.0 Å². The Kier molecular flexibility index (Phi) is 7.61. The fourth-order valence-corrected chi connectivity index (χ4v) is 9.14. The molecule has 11 rings (SSSR count). The lowest BCUT2D eigenvalue weighted by Gasteiger charge is -2.16. The highest BCUT2D eigenvalue weighted by Crippen LogP contribution is 2.38. The minimum atomic E-state index is 1.14. The van der Waals surface area contributed by atoms with Crippen molar-refractivity contribution in [2.45, 2.75) is 13.8 Å². The summed E-state index contributed by atoms with van der Waals surface area (Å²) >= 11 is 0. The van der Waals surface area contributed by atoms with E-state index in [9.17, 15) is 0 Å². The van der Waals surface area contributed by atoms with E-state index in [1.54, 1.807) is 0 Å². The summed E-state index contributed by atoms with van der Waals surface area (Å²) in [6.45, 7) is 4.33. The smallest absolute Gasteiger partial charge is 0.0541 e. The van der Waals surface area contributed by atoms with Gasteiger partial charge in [0.05, 0.1) is 27.6 Å². The molecule has 3 aromatic heterocycles. The third kappa shape index (κ3) is 5.20. The van der Waals surface area contributed by atoms with E-state index in [1.807, 2.05) is 0 Å². The lowest BCUT2D eigenvalue weighted by Crippen LogP contribution is -1.99. The Balaban J connectivity index is 1.08. The third-order valence-electron chi connectivity index (χ3n) is 11.8. The molecule has 0 aliphatic carbocycles. The van der Waals surface area contributed by atoms with Crippen molar-refractivity contribution in [2.75, 3.05) is 0 Å². The van der Waals surface area contributed by atoms with Gasteiger partial charge in [0.2, 0.25) is 0 Å². The number of hydrogen-bond donors (Lipinski definition) is 0. The van der Waals surface area contributed by atoms with Crippen LogP contribution in [-0.2, 0) is 0 Å². The average Bonchev–Trinajstić information content (AvgIpc) is 3.89. The minimum absolute atomic E-state index is 1.14. The number of para-hydroxylation sites is 5. The predicted octanol–water partition coefficient (Wildman–Crippen LogP) is 14.5. The van der Waals surface area contributed by atoms with Crippen molar-refractivity contribution in [3.05, 3.63) is 205 Å². The summed E-state index contributed by atoms with van der Waals surface area (Å²) in [7, 11) is 0. The van der Waals surface area contributed by atoms with Crippen LogP contribution in [0.1, 0.15) is 18.2 Å². The van der Waals surface area contributed by atoms with Crippen LogP contribution in [0.2, 0.25) is 0 Å². The largest absolute Gasteiger partial charge is 0.310 e. The number of allylic oxidation sites excluding steroid dienone is 1. The zero-order valence-corrected chi connectivity index (χ0v) is 31.9. The first kappa shape index (κ1) is 33.0. The second-order valence-electron chi connectivity index (χ2n) is 15.0. The zero-order valence-electron chi connectivity index (χ0n) is 31.9. The molecule has 3 heterocycles. The maximum Gasteiger partial charge on any atom is 0.0541 e. The van der Waals surface area contributed by atoms with Crippen LogP contribution in [0.25, 0.3) is 99.9 Å². The number of benzene rings is 8. The molecule has 0 unspecified atom stereocenters. The molecule has 0 saturated heterocycles. The average molecular weight is 730 g/mol. The zero-order chi connectivity index (χ0) is 38.0. The van der Waals surface area contributed by atoms with Crippen molar-refractivity contribution in [3.63, 3.8) is 0 Å². The Labute approximate surface area is 331 Å². The Hall–Kier alpha value is -7.36. The van der Waals surface area contributed by atoms with Crippen molar-refractivity contribution in [1.82, 2.24) is 13.7 Å². The monoisotopic (exact) mass is 729 g/mol. The number of fused-ring (bicyclic) bond motifs is 7. The maximum absolute atomic E-state index is 2.43. The first-order chi connectivity index (χ1) is 28.2. The van der Waals surface area contributed by atoms with Crippen LogP contribution in [0, 0.1) is 6.92 Å². The number of aryl methyl sites for hydroxylation is 1. The summed E-state index contributed by atoms with van der Waals surface area (Å²) < 4.78 is 7.19. The van der Waals surface area contributed by atoms with E-state index >= 15 is 0 Å². The molecule has 0 aliphatic heterocycles. The molecule has 0 saturated carbocycles. The van der Waals surface area contributed by atoms with E-state index in [0.29, 0.717) is 0 Å². The Morgan fingerprint density at radius 3 is 1.07 bits per heavy atom. The molecule has 57 heavy (non-hydrogen) atoms. The van der Waals surface area contributed by atoms with E-state index in [4.69, 9.17) is 0 Å². The first-order valence-corrected chi connectivity index (χ1v) is 19.7. The van der Waals surface area contributed by atoms with Gasteiger partial charge in [-0.15, -0.1) is 0 Å². The quantitative estimate of drug-likeness (QED) is 0.162. The van der Waals surface area contributed by atoms with Crippen molar-refractivity contribution < 1.29 is 0 Å². The van der Waals surface area contributed by atoms with Crippen LogP contribution in [-0.4, -0.2) is 13.7 Å². The van der Waals surface area contributed by atoms with E-state index in [0.717, 1.165) is 17.1 Å². The van der Waals surface area contributed by atoms with Crippen molar-refractivity contribution in [1.29, 1.82) is 0 Å². The van der Waals surface area contributed by atoms with Gasteiger partial charge in [0, 0.05) is 49.7 Å². The number of rotatable bonds is 6. The molecule has 11 aromatic rings. The van der Waals surface area contributed by atoms with E-state index in [2.05, 4.69) is 228 Å². The normalized spacial score (nSPS) is 12.0. The van der Waals surface area contributed by atoms with Crippen LogP contribution < -0.4 is 0 Å². The predicted molar refractivity (Wildman–Crippen MR) is 242 cm³/mol. The van der Waals surface area contributed by atoms with E-state index in [-0.39, 0.29) is 0 Å². The molecule has 0 N–H and O–H groups in total. The summed E-state index contributed by atoms with van der Waals surface area (Å²) in [5, 5.41) is 6.34. The van der Waals surface area contributed by atoms with Gasteiger partial charge >= 0.3 is 0 Å². The maximum atomic E-state index is 2.43. The fraction of sp³-hybridized carbons (Fsp3) is 0.0370. The van der Waals surface area contributed by atoms with Crippen LogP contribution in [0.3, 0.4) is 0 Å². The number of nitrogens with zero attached hydrogens (tertiary/aromatic N) is 3. The molecule has 0 aliphatic rings. The molecule has 0 atom stereocenters. The van der Waals surface area contributed by atoms with Gasteiger partial charge in [-0.1, -0.05) is 121 Å². The standard InChI is InChI=1S/C54H39N3/c1-3-14-49-36(2)44-15-4-9-20-50(44)57(49)43-34-39(37-25-29-41(30-26-37)55-51-21-10-5-16-45(51)46-17-6-11-22-52(46)55)33-40(35-43)38-27-31-42(32-28-38)56-53-23-12-7-18-47(53)48-19-8-13-24-54(48)56/h3-35H,1-2H3/b14-3-. The van der Waals surface area contributed by atoms with Crippen molar-refractivity contribution in [2.24, 2.45) is 0 Å². The second-order valence-corrected chi connectivity index (χ2v) is 15.0. The SMILES string of the molecule is C/C=C\c1c(C)c2ccccc2n1-c1cc(-c2ccc(-n3c4ccccc4c4ccccc43)cc2)cc(-c2ccc(-n3c4ccccc4c4ccccc43)cc2)c1. The molecule has 3 nitrogen and oxygen atoms in total. The highest BCUT2D eigenvalue weighted by molar-refractivity contribution is 6.10. The highest BCUT2D eigenvalue weighted by Gasteiger charge is 2.17. The minimum Gasteiger partial charge on any atom is -0.310 e. The molecule has 0 amide bonds. The van der Waals surface area contributed by atoms with Gasteiger partial charge in [-0.3, -0.25) is 0 Å². The van der Waals surface area contributed by atoms with Gasteiger partial charge in [0.1, 0.15) is 0 Å². The van der Waals surface area contributed by atoms with Gasteiger partial charge in [-0.2, -0.15) is 0 Å². The highest BCUT2D eigenvalue weighted by atomic mass is 15.0. The Morgan fingerprint density at radius 2 is 0.684 bits per heavy atom. The van der Waals surface area contributed by atoms with Crippen LogP contribution in [0.5, 0.6) is 0 Å².